The molecule has 0 spiro atoms. The molecular weight excluding hydrogens is 284 g/mol. The van der Waals surface area contributed by atoms with E-state index in [1.165, 1.54) is 5.69 Å². The van der Waals surface area contributed by atoms with Gasteiger partial charge in [0.25, 0.3) is 0 Å². The van der Waals surface area contributed by atoms with Gasteiger partial charge in [-0.1, -0.05) is 17.7 Å². The third-order valence-corrected chi connectivity index (χ3v) is 3.91. The van der Waals surface area contributed by atoms with Crippen LogP contribution in [-0.4, -0.2) is 18.2 Å². The molecule has 3 nitrogen and oxygen atoms in total. The molecule has 0 bridgehead atoms. The van der Waals surface area contributed by atoms with E-state index in [0.717, 1.165) is 18.8 Å². The number of nitrogens with one attached hydrogen (secondary N) is 1. The summed E-state index contributed by atoms with van der Waals surface area (Å²) in [5.74, 6) is 0.217. The summed E-state index contributed by atoms with van der Waals surface area (Å²) < 4.78 is 0. The van der Waals surface area contributed by atoms with Gasteiger partial charge in [0.1, 0.15) is 5.75 Å². The van der Waals surface area contributed by atoms with Crippen LogP contribution in [0.3, 0.4) is 0 Å². The van der Waals surface area contributed by atoms with Crippen molar-refractivity contribution in [2.24, 2.45) is 0 Å². The molecule has 2 aromatic carbocycles. The van der Waals surface area contributed by atoms with E-state index in [4.69, 9.17) is 11.6 Å². The summed E-state index contributed by atoms with van der Waals surface area (Å²) in [6.07, 6.45) is 0. The second-order valence-electron chi connectivity index (χ2n) is 4.81. The van der Waals surface area contributed by atoms with Gasteiger partial charge in [-0.2, -0.15) is 0 Å². The Bertz CT molecular complexity index is 560. The zero-order chi connectivity index (χ0) is 15.2. The van der Waals surface area contributed by atoms with Gasteiger partial charge in [0.05, 0.1) is 0 Å². The lowest BCUT2D eigenvalue weighted by Crippen LogP contribution is -2.21. The van der Waals surface area contributed by atoms with Gasteiger partial charge in [0, 0.05) is 41.6 Å². The van der Waals surface area contributed by atoms with Crippen LogP contribution in [0.4, 0.5) is 11.4 Å². The fraction of sp³-hybridized carbons (Fsp3) is 0.294. The quantitative estimate of drug-likeness (QED) is 0.824. The van der Waals surface area contributed by atoms with Crippen molar-refractivity contribution >= 4 is 23.0 Å². The van der Waals surface area contributed by atoms with E-state index < -0.39 is 0 Å². The molecule has 0 aromatic heterocycles. The third-order valence-electron chi connectivity index (χ3n) is 3.56. The van der Waals surface area contributed by atoms with Gasteiger partial charge >= 0.3 is 0 Å². The Labute approximate surface area is 131 Å². The third kappa shape index (κ3) is 3.82. The molecule has 0 amide bonds. The molecule has 112 valence electrons. The minimum absolute atomic E-state index is 0.217. The lowest BCUT2D eigenvalue weighted by atomic mass is 10.2. The van der Waals surface area contributed by atoms with Crippen LogP contribution in [0.5, 0.6) is 5.75 Å². The molecule has 2 N–H and O–H groups in total. The molecule has 0 aliphatic heterocycles. The largest absolute Gasteiger partial charge is 0.508 e. The Morgan fingerprint density at radius 2 is 1.71 bits per heavy atom. The van der Waals surface area contributed by atoms with Crippen molar-refractivity contribution in [2.75, 3.05) is 23.3 Å². The maximum Gasteiger partial charge on any atom is 0.122 e. The Hall–Kier alpha value is -1.87. The Balaban J connectivity index is 2.04. The normalized spacial score (nSPS) is 10.4. The zero-order valence-corrected chi connectivity index (χ0v) is 13.2. The van der Waals surface area contributed by atoms with E-state index in [9.17, 15) is 5.11 Å². The summed E-state index contributed by atoms with van der Waals surface area (Å²) in [5, 5.41) is 13.7. The van der Waals surface area contributed by atoms with Crippen molar-refractivity contribution in [1.82, 2.24) is 0 Å². The van der Waals surface area contributed by atoms with Crippen molar-refractivity contribution in [3.8, 4) is 5.75 Å². The summed E-state index contributed by atoms with van der Waals surface area (Å²) in [7, 11) is 0. The Morgan fingerprint density at radius 3 is 2.29 bits per heavy atom. The van der Waals surface area contributed by atoms with Crippen LogP contribution in [-0.2, 0) is 6.54 Å². The predicted molar refractivity (Wildman–Crippen MR) is 90.4 cm³/mol. The minimum Gasteiger partial charge on any atom is -0.508 e. The van der Waals surface area contributed by atoms with Crippen molar-refractivity contribution < 1.29 is 5.11 Å². The number of phenolic OH excluding ortho intramolecular Hbond substituents is 1. The molecule has 0 fully saturated rings. The van der Waals surface area contributed by atoms with E-state index >= 15 is 0 Å². The molecule has 0 radical (unpaired) electrons. The highest BCUT2D eigenvalue weighted by atomic mass is 35.5. The van der Waals surface area contributed by atoms with Crippen LogP contribution >= 0.6 is 11.6 Å². The van der Waals surface area contributed by atoms with E-state index in [2.05, 4.69) is 36.2 Å². The number of hydrogen-bond donors (Lipinski definition) is 2. The fourth-order valence-electron chi connectivity index (χ4n) is 2.29. The molecular formula is C17H21ClN2O. The molecule has 2 rings (SSSR count). The van der Waals surface area contributed by atoms with Crippen LogP contribution in [0, 0.1) is 0 Å². The van der Waals surface area contributed by atoms with Crippen molar-refractivity contribution in [1.29, 1.82) is 0 Å². The Kier molecular flexibility index (Phi) is 5.34. The van der Waals surface area contributed by atoms with E-state index in [0.29, 0.717) is 17.1 Å². The van der Waals surface area contributed by atoms with Crippen molar-refractivity contribution in [3.63, 3.8) is 0 Å². The maximum atomic E-state index is 9.82. The van der Waals surface area contributed by atoms with Gasteiger partial charge in [-0.05, 0) is 50.2 Å². The molecule has 0 heterocycles. The van der Waals surface area contributed by atoms with Crippen LogP contribution in [0.25, 0.3) is 0 Å². The number of phenols is 1. The van der Waals surface area contributed by atoms with Crippen LogP contribution in [0.2, 0.25) is 5.02 Å². The van der Waals surface area contributed by atoms with Crippen molar-refractivity contribution in [3.05, 3.63) is 53.1 Å². The number of hydrogen-bond acceptors (Lipinski definition) is 3. The smallest absolute Gasteiger partial charge is 0.122 e. The first-order valence-electron chi connectivity index (χ1n) is 7.21. The molecule has 0 saturated carbocycles. The topological polar surface area (TPSA) is 35.5 Å². The minimum atomic E-state index is 0.217. The van der Waals surface area contributed by atoms with Crippen LogP contribution < -0.4 is 10.2 Å². The predicted octanol–water partition coefficient (Wildman–Crippen LogP) is 4.50. The number of halogens is 1. The highest BCUT2D eigenvalue weighted by molar-refractivity contribution is 6.31. The summed E-state index contributed by atoms with van der Waals surface area (Å²) >= 11 is 6.09. The molecule has 2 aromatic rings. The SMILES string of the molecule is CCN(CC)c1ccc(NCc2c(O)cccc2Cl)cc1. The average Bonchev–Trinajstić information content (AvgIpc) is 2.49. The van der Waals surface area contributed by atoms with Gasteiger partial charge in [0.2, 0.25) is 0 Å². The van der Waals surface area contributed by atoms with Gasteiger partial charge in [-0.15, -0.1) is 0 Å². The highest BCUT2D eigenvalue weighted by Crippen LogP contribution is 2.26. The lowest BCUT2D eigenvalue weighted by molar-refractivity contribution is 0.469. The second kappa shape index (κ2) is 7.23. The molecule has 0 atom stereocenters. The molecule has 4 heteroatoms. The zero-order valence-electron chi connectivity index (χ0n) is 12.4. The molecule has 21 heavy (non-hydrogen) atoms. The number of aromatic hydroxyl groups is 1. The first-order valence-corrected chi connectivity index (χ1v) is 7.58. The first-order chi connectivity index (χ1) is 10.2. The van der Waals surface area contributed by atoms with Crippen LogP contribution in [0.15, 0.2) is 42.5 Å². The van der Waals surface area contributed by atoms with Gasteiger partial charge in [-0.25, -0.2) is 0 Å². The summed E-state index contributed by atoms with van der Waals surface area (Å²) in [5.41, 5.74) is 2.93. The summed E-state index contributed by atoms with van der Waals surface area (Å²) in [6.45, 7) is 6.79. The number of benzene rings is 2. The molecule has 0 saturated heterocycles. The van der Waals surface area contributed by atoms with E-state index in [1.54, 1.807) is 18.2 Å². The molecule has 0 aliphatic carbocycles. The van der Waals surface area contributed by atoms with E-state index in [-0.39, 0.29) is 5.75 Å². The lowest BCUT2D eigenvalue weighted by Gasteiger charge is -2.21. The fourth-order valence-corrected chi connectivity index (χ4v) is 2.53. The van der Waals surface area contributed by atoms with Crippen molar-refractivity contribution in [2.45, 2.75) is 20.4 Å². The first kappa shape index (κ1) is 15.5. The number of nitrogens with zero attached hydrogens (tertiary/aromatic N) is 1. The van der Waals surface area contributed by atoms with Crippen LogP contribution in [0.1, 0.15) is 19.4 Å². The summed E-state index contributed by atoms with van der Waals surface area (Å²) in [6, 6.07) is 13.4. The van der Waals surface area contributed by atoms with Gasteiger partial charge in [0.15, 0.2) is 0 Å². The maximum absolute atomic E-state index is 9.82. The monoisotopic (exact) mass is 304 g/mol. The average molecular weight is 305 g/mol. The summed E-state index contributed by atoms with van der Waals surface area (Å²) in [4.78, 5) is 2.30. The number of rotatable bonds is 6. The Morgan fingerprint density at radius 1 is 1.05 bits per heavy atom. The van der Waals surface area contributed by atoms with Gasteiger partial charge < -0.3 is 15.3 Å². The highest BCUT2D eigenvalue weighted by Gasteiger charge is 2.06. The number of anilines is 2. The molecule has 0 unspecified atom stereocenters. The standard InChI is InChI=1S/C17H21ClN2O/c1-3-20(4-2)14-10-8-13(9-11-14)19-12-15-16(18)6-5-7-17(15)21/h5-11,19,21H,3-4,12H2,1-2H3. The molecule has 0 aliphatic rings. The second-order valence-corrected chi connectivity index (χ2v) is 5.22. The van der Waals surface area contributed by atoms with E-state index in [1.807, 2.05) is 12.1 Å². The van der Waals surface area contributed by atoms with Gasteiger partial charge in [-0.3, -0.25) is 0 Å².